The Morgan fingerprint density at radius 3 is 2.24 bits per heavy atom. The first-order valence-electron chi connectivity index (χ1n) is 27.0. The molecule has 7 unspecified atom stereocenters. The van der Waals surface area contributed by atoms with Crippen LogP contribution in [0.25, 0.3) is 22.3 Å². The van der Waals surface area contributed by atoms with E-state index in [1.54, 1.807) is 0 Å². The lowest BCUT2D eigenvalue weighted by atomic mass is 9.82. The summed E-state index contributed by atoms with van der Waals surface area (Å²) in [5, 5.41) is 0. The van der Waals surface area contributed by atoms with Crippen LogP contribution in [0.2, 0.25) is 0 Å². The SMILES string of the molecule is C=C/C=C\C=CCCN1c2cc(-c3cc(C(=C)/C=C4\CC5c6ccccc6N(c6ccccc6)C5C4)cc(C4=CCC5C(=C4)N(c4ccccc4)C(Cc4c#cccc4)C5C)c3)ccc2C2c3ccccc3CC21. The van der Waals surface area contributed by atoms with E-state index in [4.69, 9.17) is 6.58 Å². The Balaban J connectivity index is 0.895. The van der Waals surface area contributed by atoms with Crippen molar-refractivity contribution in [1.82, 2.24) is 0 Å². The van der Waals surface area contributed by atoms with E-state index in [0.29, 0.717) is 41.8 Å². The highest BCUT2D eigenvalue weighted by molar-refractivity contribution is 5.87. The van der Waals surface area contributed by atoms with Gasteiger partial charge >= 0.3 is 0 Å². The lowest BCUT2D eigenvalue weighted by molar-refractivity contribution is 0.410. The number of hydrogen-bond donors (Lipinski definition) is 0. The van der Waals surface area contributed by atoms with Gasteiger partial charge in [-0.1, -0.05) is 177 Å². The first kappa shape index (κ1) is 45.8. The zero-order valence-electron chi connectivity index (χ0n) is 42.5. The number of fused-ring (bicyclic) bond motifs is 9. The summed E-state index contributed by atoms with van der Waals surface area (Å²) in [6.07, 6.45) is 23.9. The molecule has 13 rings (SSSR count). The van der Waals surface area contributed by atoms with Crippen LogP contribution in [0.1, 0.15) is 83.4 Å². The van der Waals surface area contributed by atoms with Gasteiger partial charge in [0.1, 0.15) is 0 Å². The van der Waals surface area contributed by atoms with E-state index in [0.717, 1.165) is 50.6 Å². The van der Waals surface area contributed by atoms with Crippen molar-refractivity contribution in [3.63, 3.8) is 0 Å². The van der Waals surface area contributed by atoms with Gasteiger partial charge in [0.25, 0.3) is 0 Å². The molecule has 3 heterocycles. The van der Waals surface area contributed by atoms with Gasteiger partial charge in [0.05, 0.1) is 0 Å². The summed E-state index contributed by atoms with van der Waals surface area (Å²) in [4.78, 5) is 7.98. The predicted molar refractivity (Wildman–Crippen MR) is 310 cm³/mol. The van der Waals surface area contributed by atoms with Crippen LogP contribution in [0.4, 0.5) is 22.7 Å². The third kappa shape index (κ3) is 8.18. The van der Waals surface area contributed by atoms with Crippen LogP contribution in [0.5, 0.6) is 0 Å². The van der Waals surface area contributed by atoms with Crippen molar-refractivity contribution in [3.8, 4) is 11.1 Å². The van der Waals surface area contributed by atoms with E-state index in [9.17, 15) is 0 Å². The molecule has 7 aromatic carbocycles. The zero-order chi connectivity index (χ0) is 49.7. The van der Waals surface area contributed by atoms with E-state index in [2.05, 4.69) is 235 Å². The van der Waals surface area contributed by atoms with Crippen LogP contribution in [-0.4, -0.2) is 24.7 Å². The first-order valence-corrected chi connectivity index (χ1v) is 27.0. The number of benzene rings is 6. The van der Waals surface area contributed by atoms with Gasteiger partial charge in [-0.3, -0.25) is 0 Å². The van der Waals surface area contributed by atoms with Gasteiger partial charge < -0.3 is 14.7 Å². The van der Waals surface area contributed by atoms with E-state index in [1.165, 1.54) is 89.7 Å². The Morgan fingerprint density at radius 1 is 0.662 bits per heavy atom. The fraction of sp³-hybridized carbons (Fsp3) is 0.211. The van der Waals surface area contributed by atoms with Crippen LogP contribution < -0.4 is 14.7 Å². The second kappa shape index (κ2) is 19.4. The van der Waals surface area contributed by atoms with Crippen LogP contribution >= 0.6 is 0 Å². The number of para-hydroxylation sites is 3. The minimum absolute atomic E-state index is 0.303. The minimum atomic E-state index is 0.303. The van der Waals surface area contributed by atoms with Gasteiger partial charge in [0.2, 0.25) is 0 Å². The number of rotatable bonds is 13. The molecular weight excluding hydrogens is 895 g/mol. The second-order valence-electron chi connectivity index (χ2n) is 21.5. The molecule has 2 fully saturated rings. The molecular formula is C71H63N3. The monoisotopic (exact) mass is 958 g/mol. The molecule has 0 bridgehead atoms. The summed E-state index contributed by atoms with van der Waals surface area (Å²) in [6, 6.07) is 69.0. The largest absolute Gasteiger partial charge is 0.367 e. The standard InChI is InChI=1S/C71H63N3/c1-4-5-6-7-8-22-37-72-67-45-52(34-36-63(67)71-61-30-19-18-25-54(61)47-70(71)72)56-42-55(48(2)38-51-39-64-62-31-20-21-32-65(62)73(68(64)41-51)58-26-14-10-15-27-58)43-57(44-56)53-33-35-60-49(3)66(40-50-23-12-9-13-24-50)74(69(60)46-53)59-28-16-11-17-29-59/h4-12,14-21,23,25-34,36,38,42-46,49,60,64,66,68,70-71H,1-2,22,35,37,39-41,47H2,3H3/b6-5-,8-7?,51-38+. The first-order chi connectivity index (χ1) is 36.5. The molecule has 3 aliphatic heterocycles. The van der Waals surface area contributed by atoms with Crippen molar-refractivity contribution < 1.29 is 0 Å². The van der Waals surface area contributed by atoms with Crippen LogP contribution in [-0.2, 0) is 12.8 Å². The number of nitrogens with zero attached hydrogens (tertiary/aromatic N) is 3. The van der Waals surface area contributed by atoms with Gasteiger partial charge in [-0.05, 0) is 166 Å². The number of hydrogen-bond acceptors (Lipinski definition) is 3. The Morgan fingerprint density at radius 2 is 1.43 bits per heavy atom. The lowest BCUT2D eigenvalue weighted by Crippen LogP contribution is -2.33. The maximum atomic E-state index is 4.92. The van der Waals surface area contributed by atoms with Crippen molar-refractivity contribution in [2.45, 2.75) is 75.4 Å². The molecule has 74 heavy (non-hydrogen) atoms. The molecule has 0 aromatic heterocycles. The maximum Gasteiger partial charge on any atom is 0.0451 e. The third-order valence-corrected chi connectivity index (χ3v) is 17.3. The molecule has 1 saturated carbocycles. The molecule has 0 N–H and O–H groups in total. The average molecular weight is 958 g/mol. The summed E-state index contributed by atoms with van der Waals surface area (Å²) >= 11 is 0. The van der Waals surface area contributed by atoms with Gasteiger partial charge in [0.15, 0.2) is 0 Å². The molecule has 3 heteroatoms. The van der Waals surface area contributed by atoms with Crippen LogP contribution in [0, 0.1) is 24.0 Å². The zero-order valence-corrected chi connectivity index (χ0v) is 42.5. The Bertz CT molecular complexity index is 3430. The summed E-state index contributed by atoms with van der Waals surface area (Å²) in [5.41, 5.74) is 22.5. The Kier molecular flexibility index (Phi) is 12.0. The molecule has 0 spiro atoms. The second-order valence-corrected chi connectivity index (χ2v) is 21.5. The summed E-state index contributed by atoms with van der Waals surface area (Å²) in [7, 11) is 0. The van der Waals surface area contributed by atoms with Crippen molar-refractivity contribution in [1.29, 1.82) is 0 Å². The fourth-order valence-electron chi connectivity index (χ4n) is 14.0. The van der Waals surface area contributed by atoms with Gasteiger partial charge in [-0.2, -0.15) is 0 Å². The normalized spacial score (nSPS) is 23.6. The van der Waals surface area contributed by atoms with Crippen molar-refractivity contribution in [3.05, 3.63) is 288 Å². The van der Waals surface area contributed by atoms with Gasteiger partial charge in [-0.15, -0.1) is 0 Å². The number of anilines is 4. The van der Waals surface area contributed by atoms with E-state index < -0.39 is 0 Å². The van der Waals surface area contributed by atoms with Gasteiger partial charge in [0, 0.05) is 82.9 Å². The molecule has 3 nitrogen and oxygen atoms in total. The Hall–Kier alpha value is -8.06. The van der Waals surface area contributed by atoms with E-state index in [-0.39, 0.29) is 0 Å². The summed E-state index contributed by atoms with van der Waals surface area (Å²) in [6.45, 7) is 12.2. The molecule has 3 aliphatic carbocycles. The highest BCUT2D eigenvalue weighted by Crippen LogP contribution is 2.55. The smallest absolute Gasteiger partial charge is 0.0451 e. The molecule has 7 aromatic rings. The topological polar surface area (TPSA) is 9.72 Å². The number of allylic oxidation sites excluding steroid dienone is 10. The summed E-state index contributed by atoms with van der Waals surface area (Å²) in [5.74, 6) is 1.69. The molecule has 0 radical (unpaired) electrons. The quantitative estimate of drug-likeness (QED) is 0.107. The predicted octanol–water partition coefficient (Wildman–Crippen LogP) is 16.6. The third-order valence-electron chi connectivity index (χ3n) is 17.3. The van der Waals surface area contributed by atoms with Crippen molar-refractivity contribution in [2.75, 3.05) is 21.2 Å². The van der Waals surface area contributed by atoms with E-state index >= 15 is 0 Å². The highest BCUT2D eigenvalue weighted by Gasteiger charge is 2.46. The molecule has 7 atom stereocenters. The fourth-order valence-corrected chi connectivity index (χ4v) is 14.0. The van der Waals surface area contributed by atoms with Crippen molar-refractivity contribution in [2.24, 2.45) is 11.8 Å². The molecule has 362 valence electrons. The molecule has 0 amide bonds. The average Bonchev–Trinajstić information content (AvgIpc) is 4.30. The lowest BCUT2D eigenvalue weighted by Gasteiger charge is -2.30. The molecule has 1 saturated heterocycles. The molecule has 6 aliphatic rings. The van der Waals surface area contributed by atoms with E-state index in [1.807, 2.05) is 18.2 Å². The van der Waals surface area contributed by atoms with Crippen LogP contribution in [0.3, 0.4) is 0 Å². The minimum Gasteiger partial charge on any atom is -0.367 e. The van der Waals surface area contributed by atoms with Crippen LogP contribution in [0.15, 0.2) is 237 Å². The Labute approximate surface area is 439 Å². The maximum absolute atomic E-state index is 4.92. The highest BCUT2D eigenvalue weighted by atomic mass is 15.2. The van der Waals surface area contributed by atoms with Crippen molar-refractivity contribution >= 4 is 33.9 Å². The van der Waals surface area contributed by atoms with Gasteiger partial charge in [-0.25, -0.2) is 0 Å². The summed E-state index contributed by atoms with van der Waals surface area (Å²) < 4.78 is 0.